The molecule has 0 saturated carbocycles. The molecule has 0 aromatic rings. The van der Waals surface area contributed by atoms with Crippen molar-refractivity contribution in [3.8, 4) is 12.5 Å². The van der Waals surface area contributed by atoms with Gasteiger partial charge in [-0.15, -0.1) is 0 Å². The number of hydrogen-bond acceptors (Lipinski definition) is 4. The lowest BCUT2D eigenvalue weighted by Gasteiger charge is -2.21. The largest absolute Gasteiger partial charge is 0.498 e. The minimum Gasteiger partial charge on any atom is -0.402 e. The lowest BCUT2D eigenvalue weighted by Crippen LogP contribution is -2.31. The van der Waals surface area contributed by atoms with Crippen LogP contribution in [0.25, 0.3) is 0 Å². The van der Waals surface area contributed by atoms with Gasteiger partial charge in [-0.25, -0.2) is 4.99 Å². The molecule has 0 spiro atoms. The van der Waals surface area contributed by atoms with Gasteiger partial charge < -0.3 is 15.0 Å². The average molecular weight is 220 g/mol. The highest BCUT2D eigenvalue weighted by Crippen LogP contribution is 2.29. The summed E-state index contributed by atoms with van der Waals surface area (Å²) >= 11 is 0. The molecule has 0 amide bonds. The molecule has 1 saturated heterocycles. The van der Waals surface area contributed by atoms with Gasteiger partial charge in [-0.2, -0.15) is 0 Å². The normalized spacial score (nSPS) is 25.7. The topological polar surface area (TPSA) is 56.8 Å². The zero-order valence-electron chi connectivity index (χ0n) is 10.2. The minimum atomic E-state index is -0.493. The van der Waals surface area contributed by atoms with E-state index in [1.165, 1.54) is 6.21 Å². The fourth-order valence-electron chi connectivity index (χ4n) is 1.34. The zero-order chi connectivity index (χ0) is 12.3. The molecule has 1 fully saturated rings. The number of aliphatic imine (C=N–C) groups is 1. The van der Waals surface area contributed by atoms with Crippen molar-refractivity contribution in [3.63, 3.8) is 0 Å². The van der Waals surface area contributed by atoms with Crippen molar-refractivity contribution in [1.82, 2.24) is 0 Å². The molecular formula is C11H17BN2O2. The molecule has 0 aliphatic carbocycles. The van der Waals surface area contributed by atoms with Crippen molar-refractivity contribution in [3.05, 3.63) is 11.2 Å². The summed E-state index contributed by atoms with van der Waals surface area (Å²) in [5.41, 5.74) is 6.68. The van der Waals surface area contributed by atoms with E-state index in [2.05, 4.69) is 11.0 Å². The molecule has 1 aliphatic heterocycles. The van der Waals surface area contributed by atoms with Crippen LogP contribution in [0.3, 0.4) is 0 Å². The molecule has 0 radical (unpaired) electrons. The zero-order valence-corrected chi connectivity index (χ0v) is 10.2. The first kappa shape index (κ1) is 12.8. The molecular weight excluding hydrogens is 203 g/mol. The summed E-state index contributed by atoms with van der Waals surface area (Å²) in [6.07, 6.45) is 6.56. The third-order valence-electron chi connectivity index (χ3n) is 2.70. The molecule has 0 unspecified atom stereocenters. The fraction of sp³-hybridized carbons (Fsp3) is 0.545. The second kappa shape index (κ2) is 4.73. The minimum absolute atomic E-state index is 0.00825. The first-order valence-corrected chi connectivity index (χ1v) is 5.16. The van der Waals surface area contributed by atoms with Crippen LogP contribution in [0.5, 0.6) is 0 Å². The van der Waals surface area contributed by atoms with Gasteiger partial charge >= 0.3 is 7.12 Å². The smallest absolute Gasteiger partial charge is 0.402 e. The van der Waals surface area contributed by atoms with Gasteiger partial charge in [0.25, 0.3) is 0 Å². The summed E-state index contributed by atoms with van der Waals surface area (Å²) in [7, 11) is -0.493. The van der Waals surface area contributed by atoms with E-state index in [9.17, 15) is 0 Å². The third kappa shape index (κ3) is 2.66. The summed E-state index contributed by atoms with van der Waals surface area (Å²) in [4.78, 5) is 3.72. The number of terminal acetylenes is 1. The van der Waals surface area contributed by atoms with Crippen molar-refractivity contribution < 1.29 is 9.31 Å². The van der Waals surface area contributed by atoms with Crippen LogP contribution in [0.1, 0.15) is 27.7 Å². The van der Waals surface area contributed by atoms with Crippen LogP contribution in [0.2, 0.25) is 0 Å². The highest BCUT2D eigenvalue weighted by Gasteiger charge is 2.44. The van der Waals surface area contributed by atoms with Crippen LogP contribution < -0.4 is 5.73 Å². The molecule has 1 aliphatic rings. The summed E-state index contributed by atoms with van der Waals surface area (Å²) in [5, 5.41) is 0. The number of allylic oxidation sites excluding steroid dienone is 2. The van der Waals surface area contributed by atoms with Crippen LogP contribution in [-0.4, -0.2) is 25.0 Å². The quantitative estimate of drug-likeness (QED) is 0.431. The van der Waals surface area contributed by atoms with Crippen LogP contribution >= 0.6 is 0 Å². The molecule has 5 heteroatoms. The van der Waals surface area contributed by atoms with Gasteiger partial charge in [0.2, 0.25) is 0 Å². The van der Waals surface area contributed by atoms with Gasteiger partial charge in [0.15, 0.2) is 0 Å². The van der Waals surface area contributed by atoms with Crippen LogP contribution in [0.15, 0.2) is 16.2 Å². The molecule has 1 heterocycles. The van der Waals surface area contributed by atoms with Crippen molar-refractivity contribution in [2.75, 3.05) is 0 Å². The van der Waals surface area contributed by atoms with Crippen LogP contribution in [0.4, 0.5) is 0 Å². The van der Waals surface area contributed by atoms with Crippen molar-refractivity contribution in [2.24, 2.45) is 10.7 Å². The fourth-order valence-corrected chi connectivity index (χ4v) is 1.34. The third-order valence-corrected chi connectivity index (χ3v) is 2.70. The second-order valence-electron chi connectivity index (χ2n) is 4.36. The molecule has 16 heavy (non-hydrogen) atoms. The second-order valence-corrected chi connectivity index (χ2v) is 4.36. The summed E-state index contributed by atoms with van der Waals surface area (Å²) in [5.74, 6) is 0. The Morgan fingerprint density at radius 3 is 2.62 bits per heavy atom. The van der Waals surface area contributed by atoms with E-state index in [1.807, 2.05) is 20.8 Å². The van der Waals surface area contributed by atoms with E-state index in [1.54, 1.807) is 6.92 Å². The van der Waals surface area contributed by atoms with E-state index in [0.29, 0.717) is 11.2 Å². The van der Waals surface area contributed by atoms with E-state index in [0.717, 1.165) is 0 Å². The highest BCUT2D eigenvalue weighted by atomic mass is 16.7. The van der Waals surface area contributed by atoms with Gasteiger partial charge in [0.1, 0.15) is 0 Å². The first-order valence-electron chi connectivity index (χ1n) is 5.16. The first-order chi connectivity index (χ1) is 7.38. The van der Waals surface area contributed by atoms with E-state index >= 15 is 0 Å². The summed E-state index contributed by atoms with van der Waals surface area (Å²) in [6, 6.07) is 2.18. The molecule has 4 nitrogen and oxygen atoms in total. The number of hydrogen-bond donors (Lipinski definition) is 1. The molecule has 0 aromatic heterocycles. The predicted molar refractivity (Wildman–Crippen MR) is 65.7 cm³/mol. The van der Waals surface area contributed by atoms with Crippen molar-refractivity contribution in [1.29, 1.82) is 0 Å². The Morgan fingerprint density at radius 1 is 1.62 bits per heavy atom. The molecule has 0 aromatic carbocycles. The van der Waals surface area contributed by atoms with Gasteiger partial charge in [-0.05, 0) is 27.7 Å². The monoisotopic (exact) mass is 220 g/mol. The molecule has 86 valence electrons. The number of nitrogens with zero attached hydrogens (tertiary/aromatic N) is 1. The lowest BCUT2D eigenvalue weighted by molar-refractivity contribution is 0.0842. The van der Waals surface area contributed by atoms with Gasteiger partial charge in [0, 0.05) is 23.4 Å². The predicted octanol–water partition coefficient (Wildman–Crippen LogP) is 1.12. The summed E-state index contributed by atoms with van der Waals surface area (Å²) < 4.78 is 11.4. The SMILES string of the molecule is C#CN=C/C(B1O[C@@H](C)C(C)(C)O1)=C(/C)N. The standard InChI is InChI=1S/C11H17BN2O2/c1-6-14-7-10(8(2)13)12-15-9(3)11(4,5)16-12/h1,7,9H,13H2,2-5H3/b10-8+,14-7?/t9-/m0/s1. The Balaban J connectivity index is 2.90. The Labute approximate surface area is 97.0 Å². The van der Waals surface area contributed by atoms with Crippen LogP contribution in [0, 0.1) is 12.5 Å². The number of nitrogens with two attached hydrogens (primary N) is 1. The molecule has 1 atom stereocenters. The maximum absolute atomic E-state index is 5.76. The van der Waals surface area contributed by atoms with Crippen LogP contribution in [-0.2, 0) is 9.31 Å². The highest BCUT2D eigenvalue weighted by molar-refractivity contribution is 6.60. The number of rotatable bonds is 2. The maximum atomic E-state index is 5.76. The Bertz CT molecular complexity index is 365. The Hall–Kier alpha value is -1.25. The van der Waals surface area contributed by atoms with Gasteiger partial charge in [-0.1, -0.05) is 6.42 Å². The van der Waals surface area contributed by atoms with E-state index in [-0.39, 0.29) is 11.7 Å². The molecule has 2 N–H and O–H groups in total. The van der Waals surface area contributed by atoms with Crippen molar-refractivity contribution in [2.45, 2.75) is 39.4 Å². The van der Waals surface area contributed by atoms with E-state index < -0.39 is 7.12 Å². The van der Waals surface area contributed by atoms with Gasteiger partial charge in [-0.3, -0.25) is 0 Å². The lowest BCUT2D eigenvalue weighted by atomic mass is 9.77. The average Bonchev–Trinajstić information content (AvgIpc) is 2.41. The molecule has 0 bridgehead atoms. The Morgan fingerprint density at radius 2 is 2.25 bits per heavy atom. The van der Waals surface area contributed by atoms with E-state index in [4.69, 9.17) is 21.5 Å². The summed E-state index contributed by atoms with van der Waals surface area (Å²) in [6.45, 7) is 7.67. The Kier molecular flexibility index (Phi) is 3.79. The van der Waals surface area contributed by atoms with Gasteiger partial charge in [0.05, 0.1) is 11.7 Å². The van der Waals surface area contributed by atoms with Crippen molar-refractivity contribution >= 4 is 13.3 Å². The molecule has 1 rings (SSSR count). The maximum Gasteiger partial charge on any atom is 0.498 e.